The summed E-state index contributed by atoms with van der Waals surface area (Å²) >= 11 is 1.93. The molecule has 0 saturated carbocycles. The maximum absolute atomic E-state index is 6.27. The summed E-state index contributed by atoms with van der Waals surface area (Å²) in [6.45, 7) is 3.73. The van der Waals surface area contributed by atoms with Crippen molar-refractivity contribution in [3.63, 3.8) is 0 Å². The zero-order chi connectivity index (χ0) is 17.6. The van der Waals surface area contributed by atoms with Gasteiger partial charge in [0, 0.05) is 24.2 Å². The number of rotatable bonds is 2. The molecule has 1 saturated heterocycles. The summed E-state index contributed by atoms with van der Waals surface area (Å²) < 4.78 is 6.27. The molecule has 1 spiro atoms. The Morgan fingerprint density at radius 1 is 1.15 bits per heavy atom. The van der Waals surface area contributed by atoms with Gasteiger partial charge < -0.3 is 10.5 Å². The van der Waals surface area contributed by atoms with Gasteiger partial charge in [-0.1, -0.05) is 0 Å². The molecular formula is C19H25N5OS. The molecule has 7 heteroatoms. The van der Waals surface area contributed by atoms with Crippen molar-refractivity contribution < 1.29 is 4.74 Å². The van der Waals surface area contributed by atoms with Crippen LogP contribution in [0.2, 0.25) is 0 Å². The highest BCUT2D eigenvalue weighted by molar-refractivity contribution is 7.11. The minimum Gasteiger partial charge on any atom is -0.368 e. The Morgan fingerprint density at radius 3 is 2.85 bits per heavy atom. The number of anilines is 1. The van der Waals surface area contributed by atoms with Crippen molar-refractivity contribution in [1.82, 2.24) is 19.9 Å². The number of nitrogen functional groups attached to an aromatic ring is 1. The zero-order valence-corrected chi connectivity index (χ0v) is 15.9. The molecular weight excluding hydrogens is 346 g/mol. The Balaban J connectivity index is 1.30. The maximum Gasteiger partial charge on any atom is 0.220 e. The SMILES string of the molecule is Nc1ncc2c(n1)C1(CCN(Cc3nc4c(s3)CCCC4)CC1)OCC2. The summed E-state index contributed by atoms with van der Waals surface area (Å²) in [5.41, 5.74) is 9.17. The van der Waals surface area contributed by atoms with Gasteiger partial charge in [0.15, 0.2) is 0 Å². The number of nitrogens with zero attached hydrogens (tertiary/aromatic N) is 4. The van der Waals surface area contributed by atoms with E-state index >= 15 is 0 Å². The van der Waals surface area contributed by atoms with Crippen LogP contribution < -0.4 is 5.73 Å². The smallest absolute Gasteiger partial charge is 0.220 e. The number of hydrogen-bond acceptors (Lipinski definition) is 7. The monoisotopic (exact) mass is 371 g/mol. The van der Waals surface area contributed by atoms with E-state index in [1.54, 1.807) is 0 Å². The Kier molecular flexibility index (Phi) is 4.18. The van der Waals surface area contributed by atoms with Crippen molar-refractivity contribution in [2.45, 2.75) is 57.1 Å². The third kappa shape index (κ3) is 2.92. The highest BCUT2D eigenvalue weighted by atomic mass is 32.1. The molecule has 4 heterocycles. The predicted molar refractivity (Wildman–Crippen MR) is 101 cm³/mol. The quantitative estimate of drug-likeness (QED) is 0.874. The van der Waals surface area contributed by atoms with Crippen LogP contribution in [-0.2, 0) is 36.1 Å². The highest BCUT2D eigenvalue weighted by Crippen LogP contribution is 2.41. The normalized spacial score (nSPS) is 22.2. The van der Waals surface area contributed by atoms with Crippen molar-refractivity contribution in [1.29, 1.82) is 0 Å². The Morgan fingerprint density at radius 2 is 2.00 bits per heavy atom. The van der Waals surface area contributed by atoms with E-state index in [9.17, 15) is 0 Å². The van der Waals surface area contributed by atoms with Crippen LogP contribution in [0, 0.1) is 0 Å². The molecule has 2 aliphatic heterocycles. The summed E-state index contributed by atoms with van der Waals surface area (Å²) in [7, 11) is 0. The Bertz CT molecular complexity index is 789. The van der Waals surface area contributed by atoms with E-state index in [4.69, 9.17) is 15.5 Å². The molecule has 1 aliphatic carbocycles. The fourth-order valence-corrected chi connectivity index (χ4v) is 5.74. The fraction of sp³-hybridized carbons (Fsp3) is 0.632. The first-order chi connectivity index (χ1) is 12.7. The van der Waals surface area contributed by atoms with Gasteiger partial charge in [-0.2, -0.15) is 0 Å². The number of aryl methyl sites for hydroxylation is 2. The van der Waals surface area contributed by atoms with Gasteiger partial charge in [0.2, 0.25) is 5.95 Å². The molecule has 2 aromatic heterocycles. The minimum absolute atomic E-state index is 0.275. The van der Waals surface area contributed by atoms with Crippen LogP contribution in [0.15, 0.2) is 6.20 Å². The number of aromatic nitrogens is 3. The van der Waals surface area contributed by atoms with E-state index in [0.717, 1.165) is 51.2 Å². The lowest BCUT2D eigenvalue weighted by Gasteiger charge is -2.43. The largest absolute Gasteiger partial charge is 0.368 e. The first-order valence-corrected chi connectivity index (χ1v) is 10.5. The molecule has 5 rings (SSSR count). The first kappa shape index (κ1) is 16.6. The van der Waals surface area contributed by atoms with Gasteiger partial charge in [0.05, 0.1) is 24.5 Å². The number of ether oxygens (including phenoxy) is 1. The number of thiazole rings is 1. The van der Waals surface area contributed by atoms with E-state index in [1.165, 1.54) is 46.8 Å². The lowest BCUT2D eigenvalue weighted by Crippen LogP contribution is -2.47. The molecule has 26 heavy (non-hydrogen) atoms. The van der Waals surface area contributed by atoms with Crippen LogP contribution in [-0.4, -0.2) is 39.5 Å². The van der Waals surface area contributed by atoms with Gasteiger partial charge in [0.25, 0.3) is 0 Å². The van der Waals surface area contributed by atoms with Gasteiger partial charge in [0.1, 0.15) is 10.6 Å². The van der Waals surface area contributed by atoms with Gasteiger partial charge >= 0.3 is 0 Å². The number of fused-ring (bicyclic) bond motifs is 3. The standard InChI is InChI=1S/C19H25N5OS/c20-18-21-11-13-5-10-25-19(17(13)23-18)6-8-24(9-7-19)12-16-22-14-3-1-2-4-15(14)26-16/h11H,1-10,12H2,(H2,20,21,23). The van der Waals surface area contributed by atoms with Crippen molar-refractivity contribution in [3.8, 4) is 0 Å². The van der Waals surface area contributed by atoms with Crippen LogP contribution in [0.4, 0.5) is 5.95 Å². The lowest BCUT2D eigenvalue weighted by atomic mass is 9.83. The molecule has 1 fully saturated rings. The zero-order valence-electron chi connectivity index (χ0n) is 15.0. The van der Waals surface area contributed by atoms with Crippen LogP contribution in [0.5, 0.6) is 0 Å². The second kappa shape index (κ2) is 6.55. The fourth-order valence-electron chi connectivity index (χ4n) is 4.54. The van der Waals surface area contributed by atoms with Crippen LogP contribution in [0.25, 0.3) is 0 Å². The molecule has 2 aromatic rings. The van der Waals surface area contributed by atoms with Gasteiger partial charge in [-0.25, -0.2) is 15.0 Å². The van der Waals surface area contributed by atoms with E-state index in [2.05, 4.69) is 14.9 Å². The molecule has 138 valence electrons. The topological polar surface area (TPSA) is 77.2 Å². The van der Waals surface area contributed by atoms with Crippen molar-refractivity contribution in [3.05, 3.63) is 33.0 Å². The van der Waals surface area contributed by atoms with Crippen LogP contribution in [0.3, 0.4) is 0 Å². The maximum atomic E-state index is 6.27. The third-order valence-electron chi connectivity index (χ3n) is 5.98. The second-order valence-electron chi connectivity index (χ2n) is 7.66. The first-order valence-electron chi connectivity index (χ1n) is 9.67. The number of piperidine rings is 1. The third-order valence-corrected chi connectivity index (χ3v) is 7.12. The van der Waals surface area contributed by atoms with E-state index in [0.29, 0.717) is 5.95 Å². The van der Waals surface area contributed by atoms with Crippen molar-refractivity contribution in [2.24, 2.45) is 0 Å². The Labute approximate surface area is 157 Å². The number of hydrogen-bond donors (Lipinski definition) is 1. The lowest BCUT2D eigenvalue weighted by molar-refractivity contribution is -0.102. The van der Waals surface area contributed by atoms with Crippen LogP contribution >= 0.6 is 11.3 Å². The minimum atomic E-state index is -0.275. The number of nitrogens with two attached hydrogens (primary N) is 1. The summed E-state index contributed by atoms with van der Waals surface area (Å²) in [6.07, 6.45) is 9.69. The van der Waals surface area contributed by atoms with Gasteiger partial charge in [-0.15, -0.1) is 11.3 Å². The van der Waals surface area contributed by atoms with E-state index in [1.807, 2.05) is 17.5 Å². The van der Waals surface area contributed by atoms with E-state index in [-0.39, 0.29) is 5.60 Å². The van der Waals surface area contributed by atoms with Gasteiger partial charge in [-0.05, 0) is 50.5 Å². The molecule has 3 aliphatic rings. The Hall–Kier alpha value is -1.57. The average Bonchev–Trinajstić information content (AvgIpc) is 3.07. The molecule has 0 radical (unpaired) electrons. The van der Waals surface area contributed by atoms with Crippen molar-refractivity contribution >= 4 is 17.3 Å². The second-order valence-corrected chi connectivity index (χ2v) is 8.82. The molecule has 0 atom stereocenters. The predicted octanol–water partition coefficient (Wildman–Crippen LogP) is 2.46. The molecule has 0 aromatic carbocycles. The summed E-state index contributed by atoms with van der Waals surface area (Å²) in [5, 5.41) is 1.28. The molecule has 0 amide bonds. The summed E-state index contributed by atoms with van der Waals surface area (Å²) in [5.74, 6) is 0.351. The van der Waals surface area contributed by atoms with Gasteiger partial charge in [-0.3, -0.25) is 4.90 Å². The van der Waals surface area contributed by atoms with E-state index < -0.39 is 0 Å². The van der Waals surface area contributed by atoms with Crippen LogP contribution in [0.1, 0.15) is 52.5 Å². The van der Waals surface area contributed by atoms with Crippen molar-refractivity contribution in [2.75, 3.05) is 25.4 Å². The summed E-state index contributed by atoms with van der Waals surface area (Å²) in [4.78, 5) is 17.7. The molecule has 6 nitrogen and oxygen atoms in total. The highest BCUT2D eigenvalue weighted by Gasteiger charge is 2.42. The number of likely N-dealkylation sites (tertiary alicyclic amines) is 1. The summed E-state index contributed by atoms with van der Waals surface area (Å²) in [6, 6.07) is 0. The molecule has 2 N–H and O–H groups in total. The average molecular weight is 372 g/mol. The molecule has 0 unspecified atom stereocenters. The molecule has 0 bridgehead atoms.